The van der Waals surface area contributed by atoms with Crippen LogP contribution >= 0.6 is 0 Å². The average Bonchev–Trinajstić information content (AvgIpc) is 2.42. The van der Waals surface area contributed by atoms with E-state index >= 15 is 0 Å². The van der Waals surface area contributed by atoms with E-state index in [-0.39, 0.29) is 0 Å². The Morgan fingerprint density at radius 2 is 2.11 bits per heavy atom. The van der Waals surface area contributed by atoms with Gasteiger partial charge in [0.05, 0.1) is 11.1 Å². The van der Waals surface area contributed by atoms with E-state index in [2.05, 4.69) is 29.4 Å². The maximum atomic E-state index is 10.2. The fraction of sp³-hybridized carbons (Fsp3) is 0.438. The lowest BCUT2D eigenvalue weighted by Gasteiger charge is -2.37. The molecule has 1 aromatic heterocycles. The van der Waals surface area contributed by atoms with Crippen molar-refractivity contribution >= 4 is 16.6 Å². The zero-order valence-electron chi connectivity index (χ0n) is 11.3. The highest BCUT2D eigenvalue weighted by molar-refractivity contribution is 5.91. The maximum Gasteiger partial charge on any atom is 0.0819 e. The van der Waals surface area contributed by atoms with Gasteiger partial charge in [0.25, 0.3) is 0 Å². The highest BCUT2D eigenvalue weighted by Gasteiger charge is 2.34. The van der Waals surface area contributed by atoms with Gasteiger partial charge >= 0.3 is 0 Å². The summed E-state index contributed by atoms with van der Waals surface area (Å²) in [5.41, 5.74) is 2.69. The second-order valence-electron chi connectivity index (χ2n) is 5.46. The van der Waals surface area contributed by atoms with E-state index < -0.39 is 5.60 Å². The third-order valence-electron chi connectivity index (χ3n) is 4.02. The van der Waals surface area contributed by atoms with Crippen molar-refractivity contribution in [3.63, 3.8) is 0 Å². The molecule has 100 valence electrons. The second kappa shape index (κ2) is 4.82. The minimum Gasteiger partial charge on any atom is -0.388 e. The lowest BCUT2D eigenvalue weighted by Crippen LogP contribution is -2.43. The van der Waals surface area contributed by atoms with Crippen LogP contribution in [-0.4, -0.2) is 22.2 Å². The number of fused-ring (bicyclic) bond motifs is 1. The summed E-state index contributed by atoms with van der Waals surface area (Å²) in [7, 11) is 0. The number of para-hydroxylation sites is 1. The van der Waals surface area contributed by atoms with Gasteiger partial charge in [0.2, 0.25) is 0 Å². The number of pyridine rings is 1. The standard InChI is InChI=1S/C16H20N2O/c1-2-12-10-15(17-11-16(19)8-5-9-16)13-6-3-4-7-14(13)18-12/h3-4,6-7,10,19H,2,5,8-9,11H2,1H3,(H,17,18). The van der Waals surface area contributed by atoms with E-state index in [4.69, 9.17) is 0 Å². The number of hydrogen-bond acceptors (Lipinski definition) is 3. The Morgan fingerprint density at radius 1 is 1.32 bits per heavy atom. The molecule has 2 N–H and O–H groups in total. The van der Waals surface area contributed by atoms with Crippen LogP contribution in [-0.2, 0) is 6.42 Å². The summed E-state index contributed by atoms with van der Waals surface area (Å²) in [5, 5.41) is 14.7. The molecule has 1 aliphatic rings. The van der Waals surface area contributed by atoms with Gasteiger partial charge in [-0.3, -0.25) is 4.98 Å². The van der Waals surface area contributed by atoms with Crippen LogP contribution in [0.3, 0.4) is 0 Å². The van der Waals surface area contributed by atoms with Crippen LogP contribution in [0.2, 0.25) is 0 Å². The van der Waals surface area contributed by atoms with Gasteiger partial charge in [0.15, 0.2) is 0 Å². The van der Waals surface area contributed by atoms with Crippen molar-refractivity contribution in [3.05, 3.63) is 36.0 Å². The van der Waals surface area contributed by atoms with Crippen LogP contribution in [0.1, 0.15) is 31.9 Å². The van der Waals surface area contributed by atoms with Gasteiger partial charge in [0.1, 0.15) is 0 Å². The van der Waals surface area contributed by atoms with Crippen LogP contribution < -0.4 is 5.32 Å². The zero-order chi connectivity index (χ0) is 13.3. The molecule has 0 unspecified atom stereocenters. The molecule has 1 aliphatic carbocycles. The van der Waals surface area contributed by atoms with E-state index in [1.165, 1.54) is 0 Å². The number of aryl methyl sites for hydroxylation is 1. The van der Waals surface area contributed by atoms with Crippen LogP contribution in [0.25, 0.3) is 10.9 Å². The Morgan fingerprint density at radius 3 is 2.79 bits per heavy atom. The Labute approximate surface area is 113 Å². The van der Waals surface area contributed by atoms with E-state index in [0.29, 0.717) is 6.54 Å². The lowest BCUT2D eigenvalue weighted by molar-refractivity contribution is -0.0201. The number of nitrogens with zero attached hydrogens (tertiary/aromatic N) is 1. The number of aromatic nitrogens is 1. The second-order valence-corrected chi connectivity index (χ2v) is 5.46. The van der Waals surface area contributed by atoms with Gasteiger partial charge in [0, 0.05) is 23.3 Å². The normalized spacial score (nSPS) is 17.2. The molecule has 0 spiro atoms. The highest BCUT2D eigenvalue weighted by atomic mass is 16.3. The molecule has 1 fully saturated rings. The first-order chi connectivity index (χ1) is 9.20. The number of aliphatic hydroxyl groups is 1. The monoisotopic (exact) mass is 256 g/mol. The number of benzene rings is 1. The first-order valence-electron chi connectivity index (χ1n) is 7.05. The van der Waals surface area contributed by atoms with E-state index in [9.17, 15) is 5.11 Å². The predicted molar refractivity (Wildman–Crippen MR) is 78.4 cm³/mol. The minimum atomic E-state index is -0.503. The molecule has 0 saturated heterocycles. The van der Waals surface area contributed by atoms with Gasteiger partial charge < -0.3 is 10.4 Å². The molecule has 0 atom stereocenters. The van der Waals surface area contributed by atoms with Gasteiger partial charge in [-0.15, -0.1) is 0 Å². The van der Waals surface area contributed by atoms with E-state index in [0.717, 1.165) is 48.0 Å². The third-order valence-corrected chi connectivity index (χ3v) is 4.02. The SMILES string of the molecule is CCc1cc(NCC2(O)CCC2)c2ccccc2n1. The number of nitrogens with one attached hydrogen (secondary N) is 1. The first kappa shape index (κ1) is 12.4. The van der Waals surface area contributed by atoms with Gasteiger partial charge in [-0.25, -0.2) is 0 Å². The Bertz CT molecular complexity index is 590. The minimum absolute atomic E-state index is 0.503. The predicted octanol–water partition coefficient (Wildman–Crippen LogP) is 3.12. The summed E-state index contributed by atoms with van der Waals surface area (Å²) in [5.74, 6) is 0. The van der Waals surface area contributed by atoms with Crippen molar-refractivity contribution in [3.8, 4) is 0 Å². The van der Waals surface area contributed by atoms with Gasteiger partial charge in [-0.1, -0.05) is 25.1 Å². The molecular weight excluding hydrogens is 236 g/mol. The zero-order valence-corrected chi connectivity index (χ0v) is 11.3. The topological polar surface area (TPSA) is 45.1 Å². The molecule has 0 amide bonds. The number of anilines is 1. The first-order valence-corrected chi connectivity index (χ1v) is 7.05. The maximum absolute atomic E-state index is 10.2. The lowest BCUT2D eigenvalue weighted by atomic mass is 9.80. The number of hydrogen-bond donors (Lipinski definition) is 2. The molecule has 19 heavy (non-hydrogen) atoms. The van der Waals surface area contributed by atoms with Crippen molar-refractivity contribution < 1.29 is 5.11 Å². The van der Waals surface area contributed by atoms with E-state index in [1.807, 2.05) is 18.2 Å². The van der Waals surface area contributed by atoms with Crippen molar-refractivity contribution in [2.75, 3.05) is 11.9 Å². The summed E-state index contributed by atoms with van der Waals surface area (Å²) in [6.07, 6.45) is 3.87. The molecule has 1 heterocycles. The molecular formula is C16H20N2O. The van der Waals surface area contributed by atoms with Crippen molar-refractivity contribution in [1.82, 2.24) is 4.98 Å². The van der Waals surface area contributed by atoms with Crippen LogP contribution in [0.4, 0.5) is 5.69 Å². The van der Waals surface area contributed by atoms with E-state index in [1.54, 1.807) is 0 Å². The summed E-state index contributed by atoms with van der Waals surface area (Å²) in [4.78, 5) is 4.63. The van der Waals surface area contributed by atoms with Crippen molar-refractivity contribution in [2.24, 2.45) is 0 Å². The van der Waals surface area contributed by atoms with Crippen LogP contribution in [0.5, 0.6) is 0 Å². The summed E-state index contributed by atoms with van der Waals surface area (Å²) >= 11 is 0. The molecule has 3 nitrogen and oxygen atoms in total. The van der Waals surface area contributed by atoms with Crippen molar-refractivity contribution in [2.45, 2.75) is 38.2 Å². The van der Waals surface area contributed by atoms with Crippen molar-refractivity contribution in [1.29, 1.82) is 0 Å². The fourth-order valence-corrected chi connectivity index (χ4v) is 2.58. The molecule has 2 aromatic rings. The molecule has 3 heteroatoms. The summed E-state index contributed by atoms with van der Waals surface area (Å²) in [6.45, 7) is 2.74. The Balaban J connectivity index is 1.92. The molecule has 3 rings (SSSR count). The average molecular weight is 256 g/mol. The summed E-state index contributed by atoms with van der Waals surface area (Å²) in [6, 6.07) is 10.3. The highest BCUT2D eigenvalue weighted by Crippen LogP contribution is 2.32. The smallest absolute Gasteiger partial charge is 0.0819 e. The Kier molecular flexibility index (Phi) is 3.15. The quantitative estimate of drug-likeness (QED) is 0.883. The number of rotatable bonds is 4. The van der Waals surface area contributed by atoms with Gasteiger partial charge in [-0.2, -0.15) is 0 Å². The largest absolute Gasteiger partial charge is 0.388 e. The molecule has 0 radical (unpaired) electrons. The molecule has 0 bridgehead atoms. The Hall–Kier alpha value is -1.61. The fourth-order valence-electron chi connectivity index (χ4n) is 2.58. The van der Waals surface area contributed by atoms with Crippen LogP contribution in [0.15, 0.2) is 30.3 Å². The molecule has 0 aliphatic heterocycles. The molecule has 1 aromatic carbocycles. The molecule has 1 saturated carbocycles. The van der Waals surface area contributed by atoms with Crippen LogP contribution in [0, 0.1) is 0 Å². The van der Waals surface area contributed by atoms with Gasteiger partial charge in [-0.05, 0) is 37.8 Å². The summed E-state index contributed by atoms with van der Waals surface area (Å²) < 4.78 is 0. The third kappa shape index (κ3) is 2.43.